The first-order chi connectivity index (χ1) is 8.28. The van der Waals surface area contributed by atoms with Crippen LogP contribution in [0.2, 0.25) is 0 Å². The van der Waals surface area contributed by atoms with Crippen LogP contribution in [0.5, 0.6) is 0 Å². The quantitative estimate of drug-likeness (QED) is 0.744. The van der Waals surface area contributed by atoms with Gasteiger partial charge in [0, 0.05) is 30.5 Å². The van der Waals surface area contributed by atoms with Gasteiger partial charge in [-0.25, -0.2) is 0 Å². The van der Waals surface area contributed by atoms with E-state index in [1.54, 1.807) is 26.0 Å². The number of likely N-dealkylation sites (N-methyl/N-ethyl adjacent to an activating group) is 1. The van der Waals surface area contributed by atoms with E-state index in [1.165, 1.54) is 0 Å². The van der Waals surface area contributed by atoms with Crippen molar-refractivity contribution in [3.63, 3.8) is 0 Å². The Balaban J connectivity index is 2.23. The van der Waals surface area contributed by atoms with Crippen LogP contribution in [-0.2, 0) is 4.79 Å². The van der Waals surface area contributed by atoms with Crippen molar-refractivity contribution in [2.45, 2.75) is 25.6 Å². The fourth-order valence-corrected chi connectivity index (χ4v) is 2.14. The molecule has 1 heterocycles. The van der Waals surface area contributed by atoms with E-state index in [9.17, 15) is 15.0 Å². The summed E-state index contributed by atoms with van der Waals surface area (Å²) in [5.74, 6) is -0.396. The molecule has 1 unspecified atom stereocenters. The number of hydrogen-bond acceptors (Lipinski definition) is 4. The number of rotatable bonds is 3. The molecule has 0 aliphatic carbocycles. The number of hydrogen-bond donors (Lipinski definition) is 3. The average Bonchev–Trinajstić information content (AvgIpc) is 2.52. The topological polar surface area (TPSA) is 72.8 Å². The fourth-order valence-electron chi connectivity index (χ4n) is 2.14. The van der Waals surface area contributed by atoms with Gasteiger partial charge < -0.3 is 20.4 Å². The molecule has 2 rings (SSSR count). The highest BCUT2D eigenvalue weighted by atomic mass is 16.3. The van der Waals surface area contributed by atoms with E-state index in [4.69, 9.17) is 0 Å². The normalized spacial score (nSPS) is 18.5. The highest BCUT2D eigenvalue weighted by Gasteiger charge is 2.28. The molecular weight excluding hydrogens is 232 g/mol. The average molecular weight is 250 g/mol. The molecule has 5 heteroatoms. The van der Waals surface area contributed by atoms with Gasteiger partial charge in [0.2, 0.25) is 0 Å². The van der Waals surface area contributed by atoms with Gasteiger partial charge in [0.1, 0.15) is 0 Å². The molecule has 5 nitrogen and oxygen atoms in total. The van der Waals surface area contributed by atoms with Crippen LogP contribution in [0.25, 0.3) is 0 Å². The molecule has 0 spiro atoms. The number of aliphatic hydroxyl groups is 2. The van der Waals surface area contributed by atoms with Gasteiger partial charge in [0.25, 0.3) is 5.91 Å². The summed E-state index contributed by atoms with van der Waals surface area (Å²) < 4.78 is 0. The van der Waals surface area contributed by atoms with Gasteiger partial charge in [-0.3, -0.25) is 4.79 Å². The number of aliphatic hydroxyl groups excluding tert-OH is 1. The van der Waals surface area contributed by atoms with Crippen molar-refractivity contribution in [3.8, 4) is 0 Å². The van der Waals surface area contributed by atoms with Crippen LogP contribution in [0.4, 0.5) is 11.4 Å². The molecule has 1 aliphatic rings. The maximum absolute atomic E-state index is 11.3. The summed E-state index contributed by atoms with van der Waals surface area (Å²) in [5.41, 5.74) is 1.31. The SMILES string of the molecule is CN(CC(C)(C)O)c1ccc2c(c1)NC(=O)C2O. The lowest BCUT2D eigenvalue weighted by Crippen LogP contribution is -2.36. The molecule has 1 aromatic rings. The van der Waals surface area contributed by atoms with Crippen molar-refractivity contribution in [1.82, 2.24) is 0 Å². The summed E-state index contributed by atoms with van der Waals surface area (Å²) in [6.45, 7) is 3.95. The monoisotopic (exact) mass is 250 g/mol. The van der Waals surface area contributed by atoms with Crippen LogP contribution in [0.3, 0.4) is 0 Å². The highest BCUT2D eigenvalue weighted by molar-refractivity contribution is 6.02. The first-order valence-electron chi connectivity index (χ1n) is 5.84. The largest absolute Gasteiger partial charge is 0.389 e. The van der Waals surface area contributed by atoms with E-state index in [-0.39, 0.29) is 0 Å². The van der Waals surface area contributed by atoms with Crippen molar-refractivity contribution >= 4 is 17.3 Å². The number of anilines is 2. The zero-order valence-electron chi connectivity index (χ0n) is 10.8. The Morgan fingerprint density at radius 2 is 2.11 bits per heavy atom. The Morgan fingerprint density at radius 1 is 1.44 bits per heavy atom. The molecule has 0 aromatic heterocycles. The molecule has 0 saturated carbocycles. The van der Waals surface area contributed by atoms with Crippen LogP contribution in [0.15, 0.2) is 18.2 Å². The number of nitrogens with one attached hydrogen (secondary N) is 1. The second-order valence-corrected chi connectivity index (χ2v) is 5.33. The zero-order chi connectivity index (χ0) is 13.5. The number of benzene rings is 1. The van der Waals surface area contributed by atoms with E-state index >= 15 is 0 Å². The highest BCUT2D eigenvalue weighted by Crippen LogP contribution is 2.33. The van der Waals surface area contributed by atoms with Gasteiger partial charge in [-0.15, -0.1) is 0 Å². The van der Waals surface area contributed by atoms with E-state index < -0.39 is 17.6 Å². The van der Waals surface area contributed by atoms with Crippen LogP contribution in [0, 0.1) is 0 Å². The number of carbonyl (C=O) groups excluding carboxylic acids is 1. The molecule has 3 N–H and O–H groups in total. The predicted molar refractivity (Wildman–Crippen MR) is 69.6 cm³/mol. The third-order valence-corrected chi connectivity index (χ3v) is 2.90. The summed E-state index contributed by atoms with van der Waals surface area (Å²) in [6, 6.07) is 5.36. The number of fused-ring (bicyclic) bond motifs is 1. The first-order valence-corrected chi connectivity index (χ1v) is 5.84. The van der Waals surface area contributed by atoms with E-state index in [1.807, 2.05) is 18.0 Å². The van der Waals surface area contributed by atoms with Gasteiger partial charge in [0.05, 0.1) is 5.60 Å². The molecule has 1 atom stereocenters. The zero-order valence-corrected chi connectivity index (χ0v) is 10.8. The van der Waals surface area contributed by atoms with Crippen molar-refractivity contribution < 1.29 is 15.0 Å². The summed E-state index contributed by atoms with van der Waals surface area (Å²) in [6.07, 6.45) is -1.08. The maximum Gasteiger partial charge on any atom is 0.257 e. The second kappa shape index (κ2) is 4.26. The van der Waals surface area contributed by atoms with Gasteiger partial charge >= 0.3 is 0 Å². The van der Waals surface area contributed by atoms with Crippen molar-refractivity contribution in [2.75, 3.05) is 23.8 Å². The summed E-state index contributed by atoms with van der Waals surface area (Å²) in [7, 11) is 1.87. The predicted octanol–water partition coefficient (Wildman–Crippen LogP) is 0.879. The molecule has 18 heavy (non-hydrogen) atoms. The lowest BCUT2D eigenvalue weighted by molar-refractivity contribution is -0.123. The second-order valence-electron chi connectivity index (χ2n) is 5.33. The summed E-state index contributed by atoms with van der Waals surface area (Å²) in [5, 5.41) is 22.0. The molecular formula is C13H18N2O3. The third-order valence-electron chi connectivity index (χ3n) is 2.90. The standard InChI is InChI=1S/C13H18N2O3/c1-13(2,18)7-15(3)8-4-5-9-10(6-8)14-12(17)11(9)16/h4-6,11,16,18H,7H2,1-3H3,(H,14,17). The van der Waals surface area contributed by atoms with Crippen LogP contribution in [-0.4, -0.2) is 35.3 Å². The van der Waals surface area contributed by atoms with Gasteiger partial charge in [-0.05, 0) is 26.0 Å². The smallest absolute Gasteiger partial charge is 0.257 e. The minimum atomic E-state index is -1.08. The number of nitrogens with zero attached hydrogens (tertiary/aromatic N) is 1. The van der Waals surface area contributed by atoms with Gasteiger partial charge in [0.15, 0.2) is 6.10 Å². The minimum Gasteiger partial charge on any atom is -0.389 e. The summed E-state index contributed by atoms with van der Waals surface area (Å²) in [4.78, 5) is 13.2. The Kier molecular flexibility index (Phi) is 3.04. The van der Waals surface area contributed by atoms with Crippen LogP contribution in [0.1, 0.15) is 25.5 Å². The van der Waals surface area contributed by atoms with Crippen molar-refractivity contribution in [1.29, 1.82) is 0 Å². The lowest BCUT2D eigenvalue weighted by Gasteiger charge is -2.27. The Labute approximate surface area is 106 Å². The van der Waals surface area contributed by atoms with Crippen molar-refractivity contribution in [3.05, 3.63) is 23.8 Å². The van der Waals surface area contributed by atoms with Crippen LogP contribution < -0.4 is 10.2 Å². The molecule has 0 bridgehead atoms. The Bertz CT molecular complexity index is 480. The molecule has 0 fully saturated rings. The van der Waals surface area contributed by atoms with Gasteiger partial charge in [-0.2, -0.15) is 0 Å². The van der Waals surface area contributed by atoms with Gasteiger partial charge in [-0.1, -0.05) is 6.07 Å². The molecule has 1 aliphatic heterocycles. The molecule has 98 valence electrons. The molecule has 0 saturated heterocycles. The molecule has 1 amide bonds. The Morgan fingerprint density at radius 3 is 2.72 bits per heavy atom. The van der Waals surface area contributed by atoms with E-state index in [0.29, 0.717) is 17.8 Å². The fraction of sp³-hybridized carbons (Fsp3) is 0.462. The number of amides is 1. The molecule has 0 radical (unpaired) electrons. The minimum absolute atomic E-state index is 0.396. The molecule has 1 aromatic carbocycles. The van der Waals surface area contributed by atoms with Crippen LogP contribution >= 0.6 is 0 Å². The first kappa shape index (κ1) is 12.9. The van der Waals surface area contributed by atoms with Crippen molar-refractivity contribution in [2.24, 2.45) is 0 Å². The number of carbonyl (C=O) groups is 1. The third kappa shape index (κ3) is 2.47. The Hall–Kier alpha value is -1.59. The maximum atomic E-state index is 11.3. The van der Waals surface area contributed by atoms with E-state index in [2.05, 4.69) is 5.32 Å². The van der Waals surface area contributed by atoms with E-state index in [0.717, 1.165) is 5.69 Å². The summed E-state index contributed by atoms with van der Waals surface area (Å²) >= 11 is 0. The lowest BCUT2D eigenvalue weighted by atomic mass is 10.1.